The highest BCUT2D eigenvalue weighted by atomic mass is 79.9. The summed E-state index contributed by atoms with van der Waals surface area (Å²) in [6.07, 6.45) is 0. The van der Waals surface area contributed by atoms with Crippen molar-refractivity contribution in [1.29, 1.82) is 0 Å². The van der Waals surface area contributed by atoms with Gasteiger partial charge in [-0.15, -0.1) is 0 Å². The Kier molecular flexibility index (Phi) is 9.00. The maximum atomic E-state index is 12.7. The minimum atomic E-state index is -0.416. The van der Waals surface area contributed by atoms with Crippen molar-refractivity contribution in [1.82, 2.24) is 5.32 Å². The van der Waals surface area contributed by atoms with Crippen molar-refractivity contribution in [2.45, 2.75) is 20.8 Å². The van der Waals surface area contributed by atoms with Crippen LogP contribution in [0.2, 0.25) is 5.02 Å². The first-order chi connectivity index (χ1) is 13.9. The second-order valence-corrected chi connectivity index (χ2v) is 7.36. The number of benzene rings is 2. The normalized spacial score (nSPS) is 10.2. The van der Waals surface area contributed by atoms with Crippen molar-refractivity contribution < 1.29 is 19.0 Å². The van der Waals surface area contributed by atoms with Gasteiger partial charge in [-0.3, -0.25) is 10.1 Å². The van der Waals surface area contributed by atoms with Crippen LogP contribution in [-0.2, 0) is 0 Å². The van der Waals surface area contributed by atoms with E-state index in [1.54, 1.807) is 24.3 Å². The maximum Gasteiger partial charge on any atom is 0.257 e. The number of hydrogen-bond acceptors (Lipinski definition) is 5. The lowest BCUT2D eigenvalue weighted by atomic mass is 10.1. The molecule has 2 aromatic carbocycles. The third-order valence-electron chi connectivity index (χ3n) is 3.58. The molecule has 2 rings (SSSR count). The Balaban J connectivity index is 2.23. The third kappa shape index (κ3) is 6.48. The van der Waals surface area contributed by atoms with Crippen molar-refractivity contribution in [3.8, 4) is 17.2 Å². The molecular weight excluding hydrogens is 480 g/mol. The molecule has 0 aliphatic heterocycles. The van der Waals surface area contributed by atoms with Crippen molar-refractivity contribution >= 4 is 56.5 Å². The number of anilines is 1. The van der Waals surface area contributed by atoms with E-state index in [4.69, 9.17) is 38.0 Å². The van der Waals surface area contributed by atoms with E-state index in [1.165, 1.54) is 0 Å². The molecule has 0 radical (unpaired) electrons. The summed E-state index contributed by atoms with van der Waals surface area (Å²) in [6.45, 7) is 6.84. The zero-order chi connectivity index (χ0) is 21.4. The average Bonchev–Trinajstić information content (AvgIpc) is 2.66. The van der Waals surface area contributed by atoms with Crippen molar-refractivity contribution in [2.75, 3.05) is 25.1 Å². The molecule has 0 heterocycles. The van der Waals surface area contributed by atoms with Crippen molar-refractivity contribution in [3.05, 3.63) is 45.4 Å². The number of nitrogens with one attached hydrogen (secondary N) is 2. The summed E-state index contributed by atoms with van der Waals surface area (Å²) < 4.78 is 17.8. The summed E-state index contributed by atoms with van der Waals surface area (Å²) >= 11 is 14.8. The first kappa shape index (κ1) is 23.3. The second-order valence-electron chi connectivity index (χ2n) is 5.63. The molecule has 0 aliphatic rings. The summed E-state index contributed by atoms with van der Waals surface area (Å²) in [4.78, 5) is 12.7. The number of thiocarbonyl (C=S) groups is 1. The van der Waals surface area contributed by atoms with Gasteiger partial charge in [0.25, 0.3) is 5.91 Å². The molecule has 1 amide bonds. The molecule has 156 valence electrons. The molecule has 6 nitrogen and oxygen atoms in total. The standard InChI is InChI=1S/C20H22BrClN2O4S/c1-4-26-16-9-12(10-17(27-5-2)18(16)28-6-3)19(25)24-20(29)23-15-8-7-13(21)11-14(15)22/h7-11H,4-6H2,1-3H3,(H2,23,24,25,29). The van der Waals surface area contributed by atoms with Crippen LogP contribution in [0.1, 0.15) is 31.1 Å². The van der Waals surface area contributed by atoms with Crippen LogP contribution in [0, 0.1) is 0 Å². The Hall–Kier alpha value is -2.03. The zero-order valence-electron chi connectivity index (χ0n) is 16.3. The molecule has 0 bridgehead atoms. The number of rotatable bonds is 8. The molecule has 2 N–H and O–H groups in total. The molecule has 0 spiro atoms. The molecule has 0 aliphatic carbocycles. The molecule has 0 fully saturated rings. The first-order valence-electron chi connectivity index (χ1n) is 9.03. The van der Waals surface area contributed by atoms with Gasteiger partial charge >= 0.3 is 0 Å². The van der Waals surface area contributed by atoms with Crippen LogP contribution >= 0.6 is 39.7 Å². The fourth-order valence-corrected chi connectivity index (χ4v) is 3.36. The average molecular weight is 502 g/mol. The van der Waals surface area contributed by atoms with Crippen LogP contribution in [0.4, 0.5) is 5.69 Å². The van der Waals surface area contributed by atoms with E-state index in [9.17, 15) is 4.79 Å². The van der Waals surface area contributed by atoms with E-state index in [0.717, 1.165) is 4.47 Å². The Morgan fingerprint density at radius 1 is 1.03 bits per heavy atom. The van der Waals surface area contributed by atoms with E-state index in [1.807, 2.05) is 26.8 Å². The lowest BCUT2D eigenvalue weighted by molar-refractivity contribution is 0.0976. The van der Waals surface area contributed by atoms with E-state index in [0.29, 0.717) is 53.3 Å². The van der Waals surface area contributed by atoms with Gasteiger partial charge in [-0.2, -0.15) is 0 Å². The van der Waals surface area contributed by atoms with Gasteiger partial charge in [-0.25, -0.2) is 0 Å². The van der Waals surface area contributed by atoms with Gasteiger partial charge in [0.1, 0.15) is 0 Å². The predicted molar refractivity (Wildman–Crippen MR) is 123 cm³/mol. The Morgan fingerprint density at radius 3 is 2.14 bits per heavy atom. The van der Waals surface area contributed by atoms with E-state index in [2.05, 4.69) is 26.6 Å². The lowest BCUT2D eigenvalue weighted by Gasteiger charge is -2.17. The molecule has 0 saturated heterocycles. The summed E-state index contributed by atoms with van der Waals surface area (Å²) in [7, 11) is 0. The van der Waals surface area contributed by atoms with Gasteiger partial charge in [0.15, 0.2) is 16.6 Å². The highest BCUT2D eigenvalue weighted by Gasteiger charge is 2.19. The minimum Gasteiger partial charge on any atom is -0.490 e. The SMILES string of the molecule is CCOc1cc(C(=O)NC(=S)Nc2ccc(Br)cc2Cl)cc(OCC)c1OCC. The Bertz CT molecular complexity index is 868. The Morgan fingerprint density at radius 2 is 1.62 bits per heavy atom. The largest absolute Gasteiger partial charge is 0.490 e. The molecule has 2 aromatic rings. The van der Waals surface area contributed by atoms with Crippen LogP contribution < -0.4 is 24.8 Å². The molecule has 0 atom stereocenters. The zero-order valence-corrected chi connectivity index (χ0v) is 19.5. The van der Waals surface area contributed by atoms with Crippen molar-refractivity contribution in [2.24, 2.45) is 0 Å². The van der Waals surface area contributed by atoms with Gasteiger partial charge < -0.3 is 19.5 Å². The summed E-state index contributed by atoms with van der Waals surface area (Å²) in [5.41, 5.74) is 0.906. The number of ether oxygens (including phenoxy) is 3. The van der Waals surface area contributed by atoms with E-state index < -0.39 is 5.91 Å². The summed E-state index contributed by atoms with van der Waals surface area (Å²) in [5.74, 6) is 0.913. The van der Waals surface area contributed by atoms with Gasteiger partial charge in [-0.05, 0) is 63.3 Å². The quantitative estimate of drug-likeness (QED) is 0.470. The molecular formula is C20H22BrClN2O4S. The molecule has 29 heavy (non-hydrogen) atoms. The third-order valence-corrected chi connectivity index (χ3v) is 4.59. The maximum absolute atomic E-state index is 12.7. The number of carbonyl (C=O) groups is 1. The molecule has 9 heteroatoms. The van der Waals surface area contributed by atoms with Gasteiger partial charge in [0, 0.05) is 10.0 Å². The smallest absolute Gasteiger partial charge is 0.257 e. The van der Waals surface area contributed by atoms with Crippen LogP contribution in [0.3, 0.4) is 0 Å². The monoisotopic (exact) mass is 500 g/mol. The van der Waals surface area contributed by atoms with Crippen LogP contribution in [0.5, 0.6) is 17.2 Å². The highest BCUT2D eigenvalue weighted by molar-refractivity contribution is 9.10. The molecule has 0 aromatic heterocycles. The van der Waals surface area contributed by atoms with Gasteiger partial charge in [0.05, 0.1) is 30.5 Å². The number of hydrogen-bond donors (Lipinski definition) is 2. The van der Waals surface area contributed by atoms with E-state index >= 15 is 0 Å². The van der Waals surface area contributed by atoms with Crippen LogP contribution in [0.25, 0.3) is 0 Å². The number of carbonyl (C=O) groups excluding carboxylic acids is 1. The van der Waals surface area contributed by atoms with Crippen molar-refractivity contribution in [3.63, 3.8) is 0 Å². The minimum absolute atomic E-state index is 0.115. The predicted octanol–water partition coefficient (Wildman–Crippen LogP) is 5.43. The number of halogens is 2. The van der Waals surface area contributed by atoms with Gasteiger partial charge in [-0.1, -0.05) is 27.5 Å². The Labute approximate surface area is 189 Å². The van der Waals surface area contributed by atoms with Crippen LogP contribution in [-0.4, -0.2) is 30.8 Å². The lowest BCUT2D eigenvalue weighted by Crippen LogP contribution is -2.34. The highest BCUT2D eigenvalue weighted by Crippen LogP contribution is 2.39. The summed E-state index contributed by atoms with van der Waals surface area (Å²) in [5, 5.41) is 6.13. The fourth-order valence-electron chi connectivity index (χ4n) is 2.44. The summed E-state index contributed by atoms with van der Waals surface area (Å²) in [6, 6.07) is 8.49. The van der Waals surface area contributed by atoms with E-state index in [-0.39, 0.29) is 5.11 Å². The van der Waals surface area contributed by atoms with Crippen LogP contribution in [0.15, 0.2) is 34.8 Å². The second kappa shape index (κ2) is 11.2. The van der Waals surface area contributed by atoms with Gasteiger partial charge in [0.2, 0.25) is 5.75 Å². The fraction of sp³-hybridized carbons (Fsp3) is 0.300. The molecule has 0 unspecified atom stereocenters. The first-order valence-corrected chi connectivity index (χ1v) is 10.6. The number of amides is 1. The molecule has 0 saturated carbocycles. The topological polar surface area (TPSA) is 68.8 Å².